The van der Waals surface area contributed by atoms with Gasteiger partial charge >= 0.3 is 19.8 Å². The summed E-state index contributed by atoms with van der Waals surface area (Å²) < 4.78 is 34.1. The minimum atomic E-state index is -4.43. The summed E-state index contributed by atoms with van der Waals surface area (Å²) in [5.74, 6) is -0.996. The van der Waals surface area contributed by atoms with Crippen molar-refractivity contribution in [3.8, 4) is 0 Å². The number of unbranched alkanes of at least 4 members (excludes halogenated alkanes) is 1. The number of hydrogen-bond donors (Lipinski definition) is 2. The first-order valence-electron chi connectivity index (χ1n) is 22.3. The molecular formula is C50H81NO9P+. The molecule has 0 bridgehead atoms. The van der Waals surface area contributed by atoms with E-state index in [1.165, 1.54) is 0 Å². The van der Waals surface area contributed by atoms with Crippen molar-refractivity contribution < 1.29 is 47.2 Å². The van der Waals surface area contributed by atoms with E-state index < -0.39 is 32.5 Å². The Balaban J connectivity index is 4.61. The average molecular weight is 871 g/mol. The quantitative estimate of drug-likeness (QED) is 0.0205. The number of phosphoric ester groups is 1. The predicted octanol–water partition coefficient (Wildman–Crippen LogP) is 11.9. The maximum absolute atomic E-state index is 12.7. The molecule has 0 spiro atoms. The zero-order chi connectivity index (χ0) is 45.1. The van der Waals surface area contributed by atoms with E-state index in [1.54, 1.807) is 0 Å². The largest absolute Gasteiger partial charge is 0.472 e. The molecule has 2 N–H and O–H groups in total. The molecule has 344 valence electrons. The number of nitrogens with zero attached hydrogens (tertiary/aromatic N) is 1. The molecule has 0 fully saturated rings. The van der Waals surface area contributed by atoms with E-state index in [2.05, 4.69) is 104 Å². The van der Waals surface area contributed by atoms with Crippen molar-refractivity contribution in [1.82, 2.24) is 0 Å². The van der Waals surface area contributed by atoms with Gasteiger partial charge in [0.05, 0.1) is 33.9 Å². The van der Waals surface area contributed by atoms with Crippen molar-refractivity contribution >= 4 is 19.8 Å². The van der Waals surface area contributed by atoms with Crippen LogP contribution in [0.15, 0.2) is 122 Å². The molecule has 0 heterocycles. The number of phosphoric acid groups is 1. The molecule has 0 saturated carbocycles. The van der Waals surface area contributed by atoms with Crippen molar-refractivity contribution in [3.63, 3.8) is 0 Å². The van der Waals surface area contributed by atoms with E-state index in [0.717, 1.165) is 77.0 Å². The molecule has 0 rings (SSSR count). The van der Waals surface area contributed by atoms with Crippen LogP contribution in [-0.4, -0.2) is 86.1 Å². The third-order valence-electron chi connectivity index (χ3n) is 8.65. The fourth-order valence-electron chi connectivity index (χ4n) is 5.01. The minimum Gasteiger partial charge on any atom is -0.462 e. The van der Waals surface area contributed by atoms with Crippen LogP contribution >= 0.6 is 7.82 Å². The second-order valence-electron chi connectivity index (χ2n) is 15.5. The Morgan fingerprint density at radius 2 is 1.02 bits per heavy atom. The number of carbonyl (C=O) groups excluding carboxylic acids is 2. The Bertz CT molecular complexity index is 1460. The molecule has 0 aromatic heterocycles. The normalized spacial score (nSPS) is 15.2. The third kappa shape index (κ3) is 44.2. The third-order valence-corrected chi connectivity index (χ3v) is 9.64. The number of ether oxygens (including phenoxy) is 2. The molecule has 10 nitrogen and oxygen atoms in total. The van der Waals surface area contributed by atoms with Crippen LogP contribution in [-0.2, 0) is 32.7 Å². The van der Waals surface area contributed by atoms with Gasteiger partial charge in [0.2, 0.25) is 0 Å². The Morgan fingerprint density at radius 3 is 1.48 bits per heavy atom. The molecule has 0 aliphatic carbocycles. The van der Waals surface area contributed by atoms with Crippen molar-refractivity contribution in [1.29, 1.82) is 0 Å². The van der Waals surface area contributed by atoms with Crippen LogP contribution in [0.5, 0.6) is 0 Å². The minimum absolute atomic E-state index is 0.00361. The first-order valence-corrected chi connectivity index (χ1v) is 23.8. The summed E-state index contributed by atoms with van der Waals surface area (Å²) in [6, 6.07) is 0. The number of likely N-dealkylation sites (N-methyl/N-ethyl adjacent to an activating group) is 1. The standard InChI is InChI=1S/C50H80NO9P/c1-6-8-9-10-11-12-13-14-15-16-17-18-19-23-26-29-32-35-38-41-49(53)57-45-48(46-59-61(55,56)58-44-43-51(3,4)5)60-50(54)42-39-36-33-30-27-24-21-20-22-25-28-31-34-37-40-47(52)7-2/h8-9,11-12,14-15,17-18,21-26,30-35,47-48,52H,6-7,10,13,16,19-20,27-29,36-46H2,1-5H3/p+1/b9-8-,12-11-,15-14-,18-17-,24-21-,25-22-,26-23-,33-30-,34-31-,35-32-/t47-,48-/m1/s1. The monoisotopic (exact) mass is 871 g/mol. The summed E-state index contributed by atoms with van der Waals surface area (Å²) in [6.07, 6.45) is 53.6. The molecule has 0 radical (unpaired) electrons. The second-order valence-corrected chi connectivity index (χ2v) is 16.9. The first-order chi connectivity index (χ1) is 29.4. The summed E-state index contributed by atoms with van der Waals surface area (Å²) in [4.78, 5) is 35.3. The Morgan fingerprint density at radius 1 is 0.574 bits per heavy atom. The lowest BCUT2D eigenvalue weighted by Gasteiger charge is -2.24. The lowest BCUT2D eigenvalue weighted by molar-refractivity contribution is -0.870. The van der Waals surface area contributed by atoms with Gasteiger partial charge in [-0.3, -0.25) is 18.6 Å². The van der Waals surface area contributed by atoms with Crippen molar-refractivity contribution in [2.24, 2.45) is 0 Å². The molecule has 0 aromatic rings. The Hall–Kier alpha value is -3.63. The summed E-state index contributed by atoms with van der Waals surface area (Å²) in [7, 11) is 1.36. The van der Waals surface area contributed by atoms with E-state index in [4.69, 9.17) is 18.5 Å². The van der Waals surface area contributed by atoms with E-state index in [1.807, 2.05) is 52.4 Å². The predicted molar refractivity (Wildman–Crippen MR) is 253 cm³/mol. The molecule has 0 aliphatic heterocycles. The molecule has 61 heavy (non-hydrogen) atoms. The van der Waals surface area contributed by atoms with Gasteiger partial charge in [0.15, 0.2) is 6.10 Å². The number of carbonyl (C=O) groups is 2. The fourth-order valence-corrected chi connectivity index (χ4v) is 5.75. The lowest BCUT2D eigenvalue weighted by atomic mass is 10.1. The maximum Gasteiger partial charge on any atom is 0.472 e. The van der Waals surface area contributed by atoms with Gasteiger partial charge in [-0.1, -0.05) is 135 Å². The van der Waals surface area contributed by atoms with Gasteiger partial charge in [-0.05, 0) is 96.3 Å². The van der Waals surface area contributed by atoms with Crippen LogP contribution in [0.1, 0.15) is 123 Å². The average Bonchev–Trinajstić information content (AvgIpc) is 3.21. The molecule has 0 aliphatic rings. The topological polar surface area (TPSA) is 129 Å². The van der Waals surface area contributed by atoms with Gasteiger partial charge in [0.1, 0.15) is 19.8 Å². The highest BCUT2D eigenvalue weighted by atomic mass is 31.2. The van der Waals surface area contributed by atoms with Crippen molar-refractivity contribution in [3.05, 3.63) is 122 Å². The molecule has 1 unspecified atom stereocenters. The highest BCUT2D eigenvalue weighted by Gasteiger charge is 2.27. The summed E-state index contributed by atoms with van der Waals surface area (Å²) >= 11 is 0. The number of hydrogen-bond acceptors (Lipinski definition) is 8. The van der Waals surface area contributed by atoms with Crippen LogP contribution in [0.2, 0.25) is 0 Å². The highest BCUT2D eigenvalue weighted by molar-refractivity contribution is 7.47. The van der Waals surface area contributed by atoms with Crippen LogP contribution in [0.25, 0.3) is 0 Å². The van der Waals surface area contributed by atoms with Gasteiger partial charge in [-0.25, -0.2) is 4.57 Å². The fraction of sp³-hybridized carbons (Fsp3) is 0.560. The lowest BCUT2D eigenvalue weighted by Crippen LogP contribution is -2.37. The Kier molecular flexibility index (Phi) is 38.0. The number of esters is 2. The van der Waals surface area contributed by atoms with Crippen LogP contribution in [0.3, 0.4) is 0 Å². The van der Waals surface area contributed by atoms with Crippen LogP contribution in [0, 0.1) is 0 Å². The summed E-state index contributed by atoms with van der Waals surface area (Å²) in [5, 5.41) is 9.57. The molecule has 0 aromatic carbocycles. The van der Waals surface area contributed by atoms with Crippen LogP contribution < -0.4 is 0 Å². The number of aliphatic hydroxyl groups is 1. The van der Waals surface area contributed by atoms with Crippen LogP contribution in [0.4, 0.5) is 0 Å². The van der Waals surface area contributed by atoms with E-state index in [0.29, 0.717) is 30.3 Å². The van der Waals surface area contributed by atoms with Crippen molar-refractivity contribution in [2.45, 2.75) is 135 Å². The second kappa shape index (κ2) is 40.4. The number of aliphatic hydroxyl groups excluding tert-OH is 1. The SMILES string of the molecule is CC/C=C\C/C=C\C/C=C\C/C=C\C/C=C\C/C=C\CCC(=O)OC[C@H](COP(=O)(O)OCC[N+](C)(C)C)OC(=O)CCC/C=C\C/C=C\C/C=C\C/C=C\CC[C@H](O)CC. The van der Waals surface area contributed by atoms with Gasteiger partial charge in [-0.15, -0.1) is 0 Å². The van der Waals surface area contributed by atoms with E-state index in [-0.39, 0.29) is 32.2 Å². The molecule has 0 amide bonds. The number of allylic oxidation sites excluding steroid dienone is 20. The molecule has 0 saturated heterocycles. The molecular weight excluding hydrogens is 790 g/mol. The highest BCUT2D eigenvalue weighted by Crippen LogP contribution is 2.43. The van der Waals surface area contributed by atoms with Gasteiger partial charge in [-0.2, -0.15) is 0 Å². The summed E-state index contributed by atoms with van der Waals surface area (Å²) in [6.45, 7) is 3.83. The summed E-state index contributed by atoms with van der Waals surface area (Å²) in [5.41, 5.74) is 0. The maximum atomic E-state index is 12.7. The smallest absolute Gasteiger partial charge is 0.462 e. The number of rotatable bonds is 38. The molecule has 11 heteroatoms. The van der Waals surface area contributed by atoms with Crippen molar-refractivity contribution in [2.75, 3.05) is 47.5 Å². The van der Waals surface area contributed by atoms with Gasteiger partial charge < -0.3 is 24.0 Å². The zero-order valence-electron chi connectivity index (χ0n) is 38.2. The first kappa shape index (κ1) is 57.4. The van der Waals surface area contributed by atoms with Gasteiger partial charge in [0.25, 0.3) is 0 Å². The van der Waals surface area contributed by atoms with E-state index in [9.17, 15) is 24.2 Å². The zero-order valence-corrected chi connectivity index (χ0v) is 39.1. The van der Waals surface area contributed by atoms with Gasteiger partial charge in [0, 0.05) is 12.8 Å². The van der Waals surface area contributed by atoms with E-state index >= 15 is 0 Å². The number of quaternary nitrogens is 1. The molecule has 3 atom stereocenters. The Labute approximate surface area is 370 Å².